The summed E-state index contributed by atoms with van der Waals surface area (Å²) >= 11 is 2.27. The molecular weight excluding hydrogens is 380 g/mol. The van der Waals surface area contributed by atoms with E-state index in [1.807, 2.05) is 0 Å². The first-order valence-corrected chi connectivity index (χ1v) is 9.24. The summed E-state index contributed by atoms with van der Waals surface area (Å²) in [6.07, 6.45) is 0. The highest BCUT2D eigenvalue weighted by Gasteiger charge is 2.20. The summed E-state index contributed by atoms with van der Waals surface area (Å²) in [4.78, 5) is 34.3. The molecule has 1 N–H and O–H groups in total. The van der Waals surface area contributed by atoms with Crippen LogP contribution in [0, 0.1) is 17.0 Å². The molecule has 2 aromatic rings. The van der Waals surface area contributed by atoms with Gasteiger partial charge >= 0.3 is 5.97 Å². The van der Waals surface area contributed by atoms with E-state index in [1.54, 1.807) is 20.8 Å². The van der Waals surface area contributed by atoms with Gasteiger partial charge in [0.15, 0.2) is 4.34 Å². The number of ether oxygens (including phenoxy) is 1. The number of nitrogens with one attached hydrogen (secondary N) is 1. The molecule has 9 nitrogen and oxygen atoms in total. The van der Waals surface area contributed by atoms with Gasteiger partial charge in [0, 0.05) is 17.2 Å². The van der Waals surface area contributed by atoms with Crippen molar-refractivity contribution in [3.05, 3.63) is 39.4 Å². The third-order valence-corrected chi connectivity index (χ3v) is 5.19. The number of benzene rings is 1. The summed E-state index contributed by atoms with van der Waals surface area (Å²) < 4.78 is 5.41. The third kappa shape index (κ3) is 4.99. The van der Waals surface area contributed by atoms with Crippen molar-refractivity contribution in [2.24, 2.45) is 0 Å². The molecule has 0 saturated carbocycles. The maximum atomic E-state index is 12.2. The van der Waals surface area contributed by atoms with E-state index >= 15 is 0 Å². The fourth-order valence-corrected chi connectivity index (χ4v) is 3.77. The summed E-state index contributed by atoms with van der Waals surface area (Å²) in [7, 11) is 0. The maximum Gasteiger partial charge on any atom is 0.319 e. The van der Waals surface area contributed by atoms with Crippen LogP contribution in [-0.2, 0) is 9.53 Å². The second kappa shape index (κ2) is 8.72. The van der Waals surface area contributed by atoms with Crippen LogP contribution in [0.15, 0.2) is 22.5 Å². The Hall–Kier alpha value is -2.53. The van der Waals surface area contributed by atoms with Gasteiger partial charge in [0.05, 0.1) is 11.5 Å². The fraction of sp³-hybridized carbons (Fsp3) is 0.333. The monoisotopic (exact) mass is 396 g/mol. The summed E-state index contributed by atoms with van der Waals surface area (Å²) in [5, 5.41) is 21.1. The predicted molar refractivity (Wildman–Crippen MR) is 97.6 cm³/mol. The van der Waals surface area contributed by atoms with Gasteiger partial charge in [0.1, 0.15) is 5.25 Å². The summed E-state index contributed by atoms with van der Waals surface area (Å²) in [6.45, 7) is 5.31. The normalized spacial score (nSPS) is 11.7. The van der Waals surface area contributed by atoms with E-state index < -0.39 is 16.1 Å². The van der Waals surface area contributed by atoms with Gasteiger partial charge in [-0.05, 0) is 26.8 Å². The molecule has 0 unspecified atom stereocenters. The third-order valence-electron chi connectivity index (χ3n) is 3.19. The number of carbonyl (C=O) groups excluding carboxylic acids is 2. The zero-order valence-electron chi connectivity index (χ0n) is 14.2. The van der Waals surface area contributed by atoms with E-state index in [0.717, 1.165) is 11.3 Å². The number of rotatable bonds is 7. The number of aromatic nitrogens is 2. The van der Waals surface area contributed by atoms with Crippen molar-refractivity contribution in [3.63, 3.8) is 0 Å². The first kappa shape index (κ1) is 19.8. The number of nitro benzene ring substituents is 1. The molecule has 0 aliphatic rings. The van der Waals surface area contributed by atoms with Gasteiger partial charge in [-0.3, -0.25) is 25.0 Å². The van der Waals surface area contributed by atoms with Crippen molar-refractivity contribution in [1.82, 2.24) is 10.2 Å². The Balaban J connectivity index is 2.05. The summed E-state index contributed by atoms with van der Waals surface area (Å²) in [5.41, 5.74) is 0.482. The van der Waals surface area contributed by atoms with Crippen molar-refractivity contribution in [2.75, 3.05) is 11.9 Å². The molecule has 1 aromatic heterocycles. The molecule has 1 amide bonds. The van der Waals surface area contributed by atoms with Crippen molar-refractivity contribution in [3.8, 4) is 0 Å². The smallest absolute Gasteiger partial charge is 0.319 e. The molecular formula is C15H16N4O5S2. The van der Waals surface area contributed by atoms with E-state index in [-0.39, 0.29) is 22.4 Å². The first-order valence-electron chi connectivity index (χ1n) is 7.55. The van der Waals surface area contributed by atoms with Crippen molar-refractivity contribution < 1.29 is 19.2 Å². The quantitative estimate of drug-likeness (QED) is 0.249. The van der Waals surface area contributed by atoms with Crippen LogP contribution in [0.5, 0.6) is 0 Å². The second-order valence-electron chi connectivity index (χ2n) is 5.10. The molecule has 0 radical (unpaired) electrons. The number of amides is 1. The average molecular weight is 396 g/mol. The SMILES string of the molecule is CCOC(=O)[C@@H](C)Sc1nnc(NC(=O)c2ccc(C)c([N+](=O)[O-])c2)s1. The van der Waals surface area contributed by atoms with Gasteiger partial charge in [0.25, 0.3) is 11.6 Å². The van der Waals surface area contributed by atoms with E-state index in [4.69, 9.17) is 4.74 Å². The van der Waals surface area contributed by atoms with Crippen LogP contribution in [0.25, 0.3) is 0 Å². The van der Waals surface area contributed by atoms with Crippen LogP contribution >= 0.6 is 23.1 Å². The highest BCUT2D eigenvalue weighted by atomic mass is 32.2. The van der Waals surface area contributed by atoms with E-state index in [0.29, 0.717) is 16.5 Å². The zero-order valence-corrected chi connectivity index (χ0v) is 15.8. The van der Waals surface area contributed by atoms with Crippen LogP contribution in [0.2, 0.25) is 0 Å². The van der Waals surface area contributed by atoms with Gasteiger partial charge in [-0.2, -0.15) is 0 Å². The largest absolute Gasteiger partial charge is 0.465 e. The highest BCUT2D eigenvalue weighted by Crippen LogP contribution is 2.29. The van der Waals surface area contributed by atoms with E-state index in [1.165, 1.54) is 30.0 Å². The van der Waals surface area contributed by atoms with Crippen LogP contribution in [0.3, 0.4) is 0 Å². The molecule has 0 saturated heterocycles. The molecule has 0 spiro atoms. The maximum absolute atomic E-state index is 12.2. The van der Waals surface area contributed by atoms with Crippen molar-refractivity contribution in [2.45, 2.75) is 30.4 Å². The summed E-state index contributed by atoms with van der Waals surface area (Å²) in [5.74, 6) is -0.885. The molecule has 0 bridgehead atoms. The number of hydrogen-bond acceptors (Lipinski definition) is 9. The average Bonchev–Trinajstić information content (AvgIpc) is 3.01. The lowest BCUT2D eigenvalue weighted by Crippen LogP contribution is -2.16. The minimum absolute atomic E-state index is 0.130. The van der Waals surface area contributed by atoms with Crippen molar-refractivity contribution >= 4 is 45.8 Å². The Morgan fingerprint density at radius 2 is 2.15 bits per heavy atom. The van der Waals surface area contributed by atoms with Gasteiger partial charge in [-0.25, -0.2) is 0 Å². The van der Waals surface area contributed by atoms with Gasteiger partial charge in [-0.15, -0.1) is 10.2 Å². The van der Waals surface area contributed by atoms with Gasteiger partial charge < -0.3 is 4.74 Å². The van der Waals surface area contributed by atoms with Crippen LogP contribution < -0.4 is 5.32 Å². The molecule has 2 rings (SSSR count). The molecule has 26 heavy (non-hydrogen) atoms. The fourth-order valence-electron chi connectivity index (χ4n) is 1.88. The molecule has 0 aliphatic heterocycles. The number of anilines is 1. The van der Waals surface area contributed by atoms with Crippen LogP contribution in [0.1, 0.15) is 29.8 Å². The lowest BCUT2D eigenvalue weighted by molar-refractivity contribution is -0.385. The molecule has 0 fully saturated rings. The molecule has 11 heteroatoms. The van der Waals surface area contributed by atoms with Crippen LogP contribution in [0.4, 0.5) is 10.8 Å². The van der Waals surface area contributed by atoms with E-state index in [2.05, 4.69) is 15.5 Å². The van der Waals surface area contributed by atoms with Gasteiger partial charge in [0.2, 0.25) is 5.13 Å². The van der Waals surface area contributed by atoms with Crippen molar-refractivity contribution in [1.29, 1.82) is 0 Å². The minimum atomic E-state index is -0.539. The van der Waals surface area contributed by atoms with E-state index in [9.17, 15) is 19.7 Å². The molecule has 0 aliphatic carbocycles. The number of aryl methyl sites for hydroxylation is 1. The van der Waals surface area contributed by atoms with Gasteiger partial charge in [-0.1, -0.05) is 29.2 Å². The van der Waals surface area contributed by atoms with Crippen LogP contribution in [-0.4, -0.2) is 38.9 Å². The highest BCUT2D eigenvalue weighted by molar-refractivity contribution is 8.02. The Morgan fingerprint density at radius 3 is 2.81 bits per heavy atom. The number of thioether (sulfide) groups is 1. The number of carbonyl (C=O) groups is 2. The predicted octanol–water partition coefficient (Wildman–Crippen LogP) is 3.05. The topological polar surface area (TPSA) is 124 Å². The lowest BCUT2D eigenvalue weighted by atomic mass is 10.1. The Kier molecular flexibility index (Phi) is 6.64. The minimum Gasteiger partial charge on any atom is -0.465 e. The number of nitrogens with zero attached hydrogens (tertiary/aromatic N) is 3. The Bertz CT molecular complexity index is 839. The Morgan fingerprint density at radius 1 is 1.42 bits per heavy atom. The Labute approximate surface area is 157 Å². The molecule has 1 atom stereocenters. The second-order valence-corrected chi connectivity index (χ2v) is 7.66. The lowest BCUT2D eigenvalue weighted by Gasteiger charge is -2.06. The summed E-state index contributed by atoms with van der Waals surface area (Å²) in [6, 6.07) is 4.22. The number of esters is 1. The first-order chi connectivity index (χ1) is 12.3. The number of hydrogen-bond donors (Lipinski definition) is 1. The molecule has 1 heterocycles. The molecule has 1 aromatic carbocycles. The molecule has 138 valence electrons. The zero-order chi connectivity index (χ0) is 19.3. The standard InChI is InChI=1S/C15H16N4O5S2/c1-4-24-13(21)9(3)25-15-18-17-14(26-15)16-12(20)10-6-5-8(2)11(7-10)19(22)23/h5-7,9H,4H2,1-3H3,(H,16,17,20)/t9-/m1/s1. The number of nitro groups is 1.